The zero-order valence-corrected chi connectivity index (χ0v) is 16.6. The van der Waals surface area contributed by atoms with Crippen molar-refractivity contribution in [2.45, 2.75) is 6.92 Å². The summed E-state index contributed by atoms with van der Waals surface area (Å²) in [6.45, 7) is 4.91. The third kappa shape index (κ3) is 3.03. The average Bonchev–Trinajstić information content (AvgIpc) is 3.13. The third-order valence-electron chi connectivity index (χ3n) is 5.27. The van der Waals surface area contributed by atoms with Gasteiger partial charge in [0.15, 0.2) is 0 Å². The van der Waals surface area contributed by atoms with E-state index in [0.29, 0.717) is 29.7 Å². The average molecular weight is 406 g/mol. The fraction of sp³-hybridized carbons (Fsp3) is 0.250. The van der Waals surface area contributed by atoms with Crippen LogP contribution in [0.25, 0.3) is 21.1 Å². The first-order chi connectivity index (χ1) is 14.1. The normalized spacial score (nSPS) is 14.7. The molecular weight excluding hydrogens is 388 g/mol. The van der Waals surface area contributed by atoms with Crippen LogP contribution < -0.4 is 9.80 Å². The fourth-order valence-corrected chi connectivity index (χ4v) is 4.79. The molecule has 0 bridgehead atoms. The topological polar surface area (TPSA) is 88.3 Å². The van der Waals surface area contributed by atoms with Gasteiger partial charge in [-0.1, -0.05) is 0 Å². The van der Waals surface area contributed by atoms with E-state index in [-0.39, 0.29) is 10.6 Å². The van der Waals surface area contributed by atoms with E-state index in [0.717, 1.165) is 29.1 Å². The van der Waals surface area contributed by atoms with Crippen LogP contribution in [-0.4, -0.2) is 46.1 Å². The lowest BCUT2D eigenvalue weighted by Crippen LogP contribution is -2.47. The van der Waals surface area contributed by atoms with Crippen molar-refractivity contribution in [3.8, 4) is 0 Å². The number of pyridine rings is 1. The Morgan fingerprint density at radius 1 is 1.03 bits per heavy atom. The van der Waals surface area contributed by atoms with Crippen molar-refractivity contribution in [1.29, 1.82) is 0 Å². The van der Waals surface area contributed by atoms with E-state index in [2.05, 4.69) is 37.7 Å². The minimum absolute atomic E-state index is 0.127. The number of hydrogen-bond donors (Lipinski definition) is 0. The lowest BCUT2D eigenvalue weighted by atomic mass is 10.1. The number of nitro groups is 1. The molecule has 5 rings (SSSR count). The fourth-order valence-electron chi connectivity index (χ4n) is 3.95. The highest BCUT2D eigenvalue weighted by Gasteiger charge is 2.27. The molecule has 0 amide bonds. The molecule has 8 nitrogen and oxygen atoms in total. The first-order valence-electron chi connectivity index (χ1n) is 9.35. The summed E-state index contributed by atoms with van der Waals surface area (Å²) in [5.74, 6) is 0.941. The Bertz CT molecular complexity index is 1230. The van der Waals surface area contributed by atoms with Gasteiger partial charge in [0.25, 0.3) is 0 Å². The molecule has 0 aliphatic carbocycles. The molecular formula is C20H18N6O2S. The molecule has 4 heterocycles. The van der Waals surface area contributed by atoms with Crippen LogP contribution in [0.2, 0.25) is 0 Å². The van der Waals surface area contributed by atoms with E-state index in [9.17, 15) is 10.1 Å². The Morgan fingerprint density at radius 3 is 2.62 bits per heavy atom. The van der Waals surface area contributed by atoms with Crippen LogP contribution in [0.4, 0.5) is 17.2 Å². The van der Waals surface area contributed by atoms with Gasteiger partial charge in [0.1, 0.15) is 22.7 Å². The van der Waals surface area contributed by atoms with Crippen LogP contribution >= 0.6 is 11.3 Å². The molecule has 1 aromatic carbocycles. The van der Waals surface area contributed by atoms with Crippen molar-refractivity contribution < 1.29 is 4.92 Å². The van der Waals surface area contributed by atoms with Crippen molar-refractivity contribution in [2.75, 3.05) is 36.0 Å². The molecule has 0 N–H and O–H groups in total. The van der Waals surface area contributed by atoms with Gasteiger partial charge in [0, 0.05) is 37.3 Å². The van der Waals surface area contributed by atoms with Gasteiger partial charge in [-0.15, -0.1) is 11.3 Å². The maximum atomic E-state index is 11.8. The number of aromatic nitrogens is 3. The molecule has 3 aromatic heterocycles. The Hall–Kier alpha value is -3.33. The van der Waals surface area contributed by atoms with Gasteiger partial charge in [-0.2, -0.15) is 0 Å². The van der Waals surface area contributed by atoms with Gasteiger partial charge in [0.05, 0.1) is 21.2 Å². The number of nitro benzene ring substituents is 1. The summed E-state index contributed by atoms with van der Waals surface area (Å²) in [6.07, 6.45) is 3.26. The maximum Gasteiger partial charge on any atom is 0.301 e. The van der Waals surface area contributed by atoms with E-state index in [1.165, 1.54) is 4.88 Å². The van der Waals surface area contributed by atoms with Gasteiger partial charge in [-0.05, 0) is 37.3 Å². The first kappa shape index (κ1) is 17.7. The van der Waals surface area contributed by atoms with Gasteiger partial charge in [-0.3, -0.25) is 15.1 Å². The second-order valence-corrected chi connectivity index (χ2v) is 8.24. The zero-order valence-electron chi connectivity index (χ0n) is 15.8. The number of thiophene rings is 1. The summed E-state index contributed by atoms with van der Waals surface area (Å²) < 4.78 is 0. The summed E-state index contributed by atoms with van der Waals surface area (Å²) in [5.41, 5.74) is 1.41. The minimum Gasteiger partial charge on any atom is -0.362 e. The SMILES string of the molecule is Cc1cc2c(N3CCN(c4ccc5ncccc5c4[N+](=O)[O-])CC3)ncnc2s1. The Balaban J connectivity index is 1.45. The highest BCUT2D eigenvalue weighted by Crippen LogP contribution is 2.36. The first-order valence-corrected chi connectivity index (χ1v) is 10.2. The predicted octanol–water partition coefficient (Wildman–Crippen LogP) is 3.78. The van der Waals surface area contributed by atoms with Crippen molar-refractivity contribution in [3.63, 3.8) is 0 Å². The Morgan fingerprint density at radius 2 is 1.83 bits per heavy atom. The van der Waals surface area contributed by atoms with E-state index in [1.54, 1.807) is 36.0 Å². The number of benzene rings is 1. The third-order valence-corrected chi connectivity index (χ3v) is 6.23. The lowest BCUT2D eigenvalue weighted by Gasteiger charge is -2.36. The molecule has 0 unspecified atom stereocenters. The van der Waals surface area contributed by atoms with Crippen LogP contribution in [0.1, 0.15) is 4.88 Å². The molecule has 9 heteroatoms. The van der Waals surface area contributed by atoms with Gasteiger partial charge < -0.3 is 9.80 Å². The number of aryl methyl sites for hydroxylation is 1. The van der Waals surface area contributed by atoms with Crippen molar-refractivity contribution in [1.82, 2.24) is 15.0 Å². The number of rotatable bonds is 3. The second kappa shape index (κ2) is 6.93. The number of fused-ring (bicyclic) bond motifs is 2. The molecule has 1 aliphatic heterocycles. The van der Waals surface area contributed by atoms with Crippen LogP contribution in [0.15, 0.2) is 42.9 Å². The van der Waals surface area contributed by atoms with Gasteiger partial charge in [0.2, 0.25) is 0 Å². The van der Waals surface area contributed by atoms with Crippen molar-refractivity contribution in [3.05, 3.63) is 57.8 Å². The molecule has 0 saturated carbocycles. The Labute approximate surface area is 170 Å². The molecule has 146 valence electrons. The van der Waals surface area contributed by atoms with Crippen molar-refractivity contribution in [2.24, 2.45) is 0 Å². The summed E-state index contributed by atoms with van der Waals surface area (Å²) in [6, 6.07) is 9.29. The molecule has 29 heavy (non-hydrogen) atoms. The highest BCUT2D eigenvalue weighted by molar-refractivity contribution is 7.18. The number of piperazine rings is 1. The van der Waals surface area contributed by atoms with Crippen LogP contribution in [0.5, 0.6) is 0 Å². The number of anilines is 2. The molecule has 4 aromatic rings. The smallest absolute Gasteiger partial charge is 0.301 e. The van der Waals surface area contributed by atoms with Crippen LogP contribution in [0.3, 0.4) is 0 Å². The summed E-state index contributed by atoms with van der Waals surface area (Å²) in [5, 5.41) is 13.5. The summed E-state index contributed by atoms with van der Waals surface area (Å²) >= 11 is 1.66. The van der Waals surface area contributed by atoms with E-state index in [4.69, 9.17) is 0 Å². The number of hydrogen-bond acceptors (Lipinski definition) is 8. The predicted molar refractivity (Wildman–Crippen MR) is 115 cm³/mol. The van der Waals surface area contributed by atoms with Crippen molar-refractivity contribution >= 4 is 49.6 Å². The molecule has 1 fully saturated rings. The zero-order chi connectivity index (χ0) is 20.0. The summed E-state index contributed by atoms with van der Waals surface area (Å²) in [4.78, 5) is 31.2. The monoisotopic (exact) mass is 406 g/mol. The molecule has 1 saturated heterocycles. The van der Waals surface area contributed by atoms with Crippen LogP contribution in [-0.2, 0) is 0 Å². The lowest BCUT2D eigenvalue weighted by molar-refractivity contribution is -0.382. The van der Waals surface area contributed by atoms with Gasteiger partial charge >= 0.3 is 5.69 Å². The van der Waals surface area contributed by atoms with E-state index < -0.39 is 0 Å². The second-order valence-electron chi connectivity index (χ2n) is 7.01. The van der Waals surface area contributed by atoms with Gasteiger partial charge in [-0.25, -0.2) is 9.97 Å². The van der Waals surface area contributed by atoms with E-state index in [1.807, 2.05) is 12.1 Å². The minimum atomic E-state index is -0.298. The standard InChI is InChI=1S/C20H18N6O2S/c1-13-11-15-19(22-12-23-20(15)29-13)25-9-7-24(8-10-25)17-5-4-16-14(3-2-6-21-16)18(17)26(27)28/h2-6,11-12H,7-10H2,1H3. The molecule has 1 aliphatic rings. The maximum absolute atomic E-state index is 11.8. The largest absolute Gasteiger partial charge is 0.362 e. The molecule has 0 atom stereocenters. The quantitative estimate of drug-likeness (QED) is 0.378. The molecule has 0 spiro atoms. The van der Waals surface area contributed by atoms with E-state index >= 15 is 0 Å². The Kier molecular flexibility index (Phi) is 4.24. The highest BCUT2D eigenvalue weighted by atomic mass is 32.1. The number of nitrogens with zero attached hydrogens (tertiary/aromatic N) is 6. The van der Waals surface area contributed by atoms with Crippen LogP contribution in [0, 0.1) is 17.0 Å². The molecule has 0 radical (unpaired) electrons. The summed E-state index contributed by atoms with van der Waals surface area (Å²) in [7, 11) is 0.